The second kappa shape index (κ2) is 9.36. The van der Waals surface area contributed by atoms with Gasteiger partial charge in [-0.25, -0.2) is 10.3 Å². The molecule has 0 aromatic heterocycles. The fraction of sp³-hybridized carbons (Fsp3) is 0.526. The van der Waals surface area contributed by atoms with Crippen molar-refractivity contribution in [2.75, 3.05) is 13.7 Å². The summed E-state index contributed by atoms with van der Waals surface area (Å²) in [7, 11) is 1.52. The zero-order valence-corrected chi connectivity index (χ0v) is 15.6. The van der Waals surface area contributed by atoms with Crippen LogP contribution in [0.4, 0.5) is 0 Å². The Bertz CT molecular complexity index is 675. The first kappa shape index (κ1) is 20.7. The Labute approximate surface area is 158 Å². The maximum absolute atomic E-state index is 13.4. The normalized spacial score (nSPS) is 19.1. The van der Waals surface area contributed by atoms with Gasteiger partial charge in [-0.3, -0.25) is 14.8 Å². The number of carbonyl (C=O) groups excluding carboxylic acids is 2. The number of likely N-dealkylation sites (tertiary alicyclic amines) is 1. The molecule has 1 aromatic rings. The summed E-state index contributed by atoms with van der Waals surface area (Å²) in [5.41, 5.74) is 2.20. The highest BCUT2D eigenvalue weighted by Gasteiger charge is 2.41. The van der Waals surface area contributed by atoms with Crippen molar-refractivity contribution in [1.29, 1.82) is 0 Å². The Kier molecular flexibility index (Phi) is 7.18. The largest absolute Gasteiger partial charge is 0.497 e. The molecule has 0 radical (unpaired) electrons. The molecule has 27 heavy (non-hydrogen) atoms. The number of piperidine rings is 1. The SMILES string of the molecule is CC[C@H](C(=O)NO)[C@H](C(=O)N1CCCCC1C(=O)O)c1ccc(OC)cc1. The molecule has 0 bridgehead atoms. The molecule has 3 N–H and O–H groups in total. The van der Waals surface area contributed by atoms with Crippen LogP contribution in [0.15, 0.2) is 24.3 Å². The predicted octanol–water partition coefficient (Wildman–Crippen LogP) is 1.78. The molecular weight excluding hydrogens is 352 g/mol. The fourth-order valence-electron chi connectivity index (χ4n) is 3.64. The third-order valence-electron chi connectivity index (χ3n) is 5.10. The molecule has 1 aromatic carbocycles. The van der Waals surface area contributed by atoms with Crippen LogP contribution >= 0.6 is 0 Å². The Balaban J connectivity index is 2.44. The van der Waals surface area contributed by atoms with Gasteiger partial charge in [-0.2, -0.15) is 0 Å². The predicted molar refractivity (Wildman–Crippen MR) is 96.4 cm³/mol. The van der Waals surface area contributed by atoms with E-state index in [0.29, 0.717) is 37.1 Å². The minimum Gasteiger partial charge on any atom is -0.497 e. The minimum atomic E-state index is -1.05. The van der Waals surface area contributed by atoms with Gasteiger partial charge in [0.25, 0.3) is 0 Å². The summed E-state index contributed by atoms with van der Waals surface area (Å²) >= 11 is 0. The van der Waals surface area contributed by atoms with E-state index in [2.05, 4.69) is 0 Å². The maximum Gasteiger partial charge on any atom is 0.326 e. The van der Waals surface area contributed by atoms with Crippen LogP contribution in [-0.4, -0.2) is 52.7 Å². The first-order valence-corrected chi connectivity index (χ1v) is 9.05. The van der Waals surface area contributed by atoms with Crippen molar-refractivity contribution in [2.24, 2.45) is 5.92 Å². The third kappa shape index (κ3) is 4.57. The highest BCUT2D eigenvalue weighted by molar-refractivity contribution is 5.93. The lowest BCUT2D eigenvalue weighted by Crippen LogP contribution is -2.51. The molecule has 1 unspecified atom stereocenters. The molecule has 1 saturated heterocycles. The summed E-state index contributed by atoms with van der Waals surface area (Å²) in [4.78, 5) is 38.5. The van der Waals surface area contributed by atoms with E-state index in [0.717, 1.165) is 6.42 Å². The van der Waals surface area contributed by atoms with Crippen LogP contribution in [0.3, 0.4) is 0 Å². The summed E-state index contributed by atoms with van der Waals surface area (Å²) in [5, 5.41) is 18.6. The molecule has 0 spiro atoms. The number of aliphatic carboxylic acids is 1. The van der Waals surface area contributed by atoms with Crippen molar-refractivity contribution < 1.29 is 29.4 Å². The average Bonchev–Trinajstić information content (AvgIpc) is 2.71. The van der Waals surface area contributed by atoms with E-state index in [1.165, 1.54) is 12.0 Å². The van der Waals surface area contributed by atoms with Crippen molar-refractivity contribution in [3.8, 4) is 5.75 Å². The molecule has 0 saturated carbocycles. The second-order valence-electron chi connectivity index (χ2n) is 6.62. The number of ether oxygens (including phenoxy) is 1. The monoisotopic (exact) mass is 378 g/mol. The fourth-order valence-corrected chi connectivity index (χ4v) is 3.64. The van der Waals surface area contributed by atoms with Crippen molar-refractivity contribution in [1.82, 2.24) is 10.4 Å². The summed E-state index contributed by atoms with van der Waals surface area (Å²) < 4.78 is 5.14. The number of hydroxylamine groups is 1. The minimum absolute atomic E-state index is 0.306. The summed E-state index contributed by atoms with van der Waals surface area (Å²) in [6, 6.07) is 5.85. The lowest BCUT2D eigenvalue weighted by atomic mass is 9.81. The Morgan fingerprint density at radius 2 is 1.93 bits per heavy atom. The molecule has 0 aliphatic carbocycles. The van der Waals surface area contributed by atoms with E-state index in [9.17, 15) is 19.5 Å². The number of nitrogens with one attached hydrogen (secondary N) is 1. The van der Waals surface area contributed by atoms with Gasteiger partial charge in [0.15, 0.2) is 0 Å². The Morgan fingerprint density at radius 1 is 1.26 bits per heavy atom. The molecule has 2 amide bonds. The number of nitrogens with zero attached hydrogens (tertiary/aromatic N) is 1. The molecule has 8 nitrogen and oxygen atoms in total. The van der Waals surface area contributed by atoms with Crippen molar-refractivity contribution in [3.05, 3.63) is 29.8 Å². The number of carboxylic acid groups (broad SMARTS) is 1. The molecular formula is C19H26N2O6. The number of methoxy groups -OCH3 is 1. The van der Waals surface area contributed by atoms with E-state index in [4.69, 9.17) is 9.94 Å². The lowest BCUT2D eigenvalue weighted by Gasteiger charge is -2.37. The van der Waals surface area contributed by atoms with E-state index in [1.807, 2.05) is 0 Å². The average molecular weight is 378 g/mol. The molecule has 8 heteroatoms. The van der Waals surface area contributed by atoms with Crippen LogP contribution in [-0.2, 0) is 14.4 Å². The van der Waals surface area contributed by atoms with Crippen LogP contribution in [0.25, 0.3) is 0 Å². The van der Waals surface area contributed by atoms with Crippen LogP contribution < -0.4 is 10.2 Å². The molecule has 148 valence electrons. The topological polar surface area (TPSA) is 116 Å². The number of rotatable bonds is 7. The van der Waals surface area contributed by atoms with Crippen LogP contribution in [0.2, 0.25) is 0 Å². The number of carbonyl (C=O) groups is 3. The zero-order valence-electron chi connectivity index (χ0n) is 15.6. The summed E-state index contributed by atoms with van der Waals surface area (Å²) in [6.45, 7) is 2.08. The Hall–Kier alpha value is -2.61. The van der Waals surface area contributed by atoms with Gasteiger partial charge < -0.3 is 14.7 Å². The van der Waals surface area contributed by atoms with Crippen LogP contribution in [0.1, 0.15) is 44.1 Å². The zero-order chi connectivity index (χ0) is 20.0. The number of benzene rings is 1. The van der Waals surface area contributed by atoms with Gasteiger partial charge >= 0.3 is 5.97 Å². The standard InChI is InChI=1S/C19H26N2O6/c1-3-14(17(22)20-26)16(12-7-9-13(27-2)10-8-12)18(23)21-11-5-4-6-15(21)19(24)25/h7-10,14-16,26H,3-6,11H2,1-2H3,(H,20,22)(H,24,25)/t14-,15?,16+/m0/s1. The highest BCUT2D eigenvalue weighted by Crippen LogP contribution is 2.33. The smallest absolute Gasteiger partial charge is 0.326 e. The number of hydrogen-bond donors (Lipinski definition) is 3. The molecule has 1 aliphatic rings. The van der Waals surface area contributed by atoms with Gasteiger partial charge in [0.2, 0.25) is 11.8 Å². The first-order chi connectivity index (χ1) is 12.9. The van der Waals surface area contributed by atoms with E-state index >= 15 is 0 Å². The number of carboxylic acids is 1. The second-order valence-corrected chi connectivity index (χ2v) is 6.62. The number of amides is 2. The van der Waals surface area contributed by atoms with Crippen molar-refractivity contribution >= 4 is 17.8 Å². The number of hydrogen-bond acceptors (Lipinski definition) is 5. The van der Waals surface area contributed by atoms with Crippen molar-refractivity contribution in [3.63, 3.8) is 0 Å². The molecule has 2 rings (SSSR count). The summed E-state index contributed by atoms with van der Waals surface area (Å²) in [5.74, 6) is -3.25. The lowest BCUT2D eigenvalue weighted by molar-refractivity contribution is -0.154. The van der Waals surface area contributed by atoms with Gasteiger partial charge in [-0.15, -0.1) is 0 Å². The van der Waals surface area contributed by atoms with Gasteiger partial charge in [-0.1, -0.05) is 19.1 Å². The van der Waals surface area contributed by atoms with Crippen molar-refractivity contribution in [2.45, 2.75) is 44.6 Å². The maximum atomic E-state index is 13.4. The van der Waals surface area contributed by atoms with Gasteiger partial charge in [0, 0.05) is 6.54 Å². The van der Waals surface area contributed by atoms with Gasteiger partial charge in [0.1, 0.15) is 11.8 Å². The quantitative estimate of drug-likeness (QED) is 0.492. The molecule has 1 fully saturated rings. The van der Waals surface area contributed by atoms with E-state index in [1.54, 1.807) is 36.7 Å². The van der Waals surface area contributed by atoms with E-state index < -0.39 is 35.7 Å². The molecule has 1 heterocycles. The molecule has 1 aliphatic heterocycles. The van der Waals surface area contributed by atoms with E-state index in [-0.39, 0.29) is 0 Å². The van der Waals surface area contributed by atoms with Gasteiger partial charge in [0.05, 0.1) is 18.9 Å². The van der Waals surface area contributed by atoms with Crippen LogP contribution in [0.5, 0.6) is 5.75 Å². The third-order valence-corrected chi connectivity index (χ3v) is 5.10. The summed E-state index contributed by atoms with van der Waals surface area (Å²) in [6.07, 6.45) is 2.15. The van der Waals surface area contributed by atoms with Gasteiger partial charge in [-0.05, 0) is 43.4 Å². The Morgan fingerprint density at radius 3 is 2.44 bits per heavy atom. The highest BCUT2D eigenvalue weighted by atomic mass is 16.5. The molecule has 3 atom stereocenters. The first-order valence-electron chi connectivity index (χ1n) is 9.05. The van der Waals surface area contributed by atoms with Crippen LogP contribution in [0, 0.1) is 5.92 Å².